The summed E-state index contributed by atoms with van der Waals surface area (Å²) in [5, 5.41) is 7.86. The molecule has 0 aliphatic carbocycles. The Kier molecular flexibility index (Phi) is 4.31. The lowest BCUT2D eigenvalue weighted by Gasteiger charge is -1.98. The third kappa shape index (κ3) is 3.70. The first-order chi connectivity index (χ1) is 10.3. The van der Waals surface area contributed by atoms with Crippen LogP contribution in [0.1, 0.15) is 17.8 Å². The van der Waals surface area contributed by atoms with Gasteiger partial charge in [-0.2, -0.15) is 5.10 Å². The van der Waals surface area contributed by atoms with E-state index in [0.717, 1.165) is 24.2 Å². The second kappa shape index (κ2) is 6.55. The molecule has 1 heterocycles. The monoisotopic (exact) mass is 296 g/mol. The van der Waals surface area contributed by atoms with Crippen molar-refractivity contribution >= 4 is 11.6 Å². The molecule has 1 aromatic heterocycles. The summed E-state index contributed by atoms with van der Waals surface area (Å²) < 4.78 is 0. The molecule has 1 radical (unpaired) electrons. The van der Waals surface area contributed by atoms with E-state index >= 15 is 0 Å². The van der Waals surface area contributed by atoms with Crippen molar-refractivity contribution in [3.8, 4) is 11.4 Å². The van der Waals surface area contributed by atoms with Crippen LogP contribution in [-0.2, 0) is 6.42 Å². The van der Waals surface area contributed by atoms with Gasteiger partial charge in [-0.1, -0.05) is 54.1 Å². The maximum absolute atomic E-state index is 5.98. The molecule has 0 bridgehead atoms. The molecule has 1 N–H and O–H groups in total. The lowest BCUT2D eigenvalue weighted by molar-refractivity contribution is 0.910. The van der Waals surface area contributed by atoms with Crippen LogP contribution >= 0.6 is 11.6 Å². The van der Waals surface area contributed by atoms with Crippen LogP contribution in [0.3, 0.4) is 0 Å². The van der Waals surface area contributed by atoms with Gasteiger partial charge in [0.25, 0.3) is 0 Å². The largest absolute Gasteiger partial charge is 0.262 e. The molecule has 0 unspecified atom stereocenters. The van der Waals surface area contributed by atoms with Crippen LogP contribution < -0.4 is 0 Å². The number of aromatic nitrogens is 3. The number of hydrogen-bond acceptors (Lipinski definition) is 2. The Bertz CT molecular complexity index is 707. The van der Waals surface area contributed by atoms with Crippen molar-refractivity contribution < 1.29 is 0 Å². The number of nitrogens with zero attached hydrogens (tertiary/aromatic N) is 2. The average molecular weight is 297 g/mol. The van der Waals surface area contributed by atoms with Crippen LogP contribution in [0.15, 0.2) is 54.6 Å². The molecule has 0 spiro atoms. The second-order valence-electron chi connectivity index (χ2n) is 4.78. The van der Waals surface area contributed by atoms with Crippen LogP contribution in [0.2, 0.25) is 5.02 Å². The van der Waals surface area contributed by atoms with Crippen LogP contribution in [0.5, 0.6) is 0 Å². The number of aryl methyl sites for hydroxylation is 1. The molecule has 3 aromatic rings. The Hall–Kier alpha value is -2.13. The molecule has 3 rings (SSSR count). The topological polar surface area (TPSA) is 41.6 Å². The van der Waals surface area contributed by atoms with E-state index in [0.29, 0.717) is 10.8 Å². The molecule has 4 heteroatoms. The summed E-state index contributed by atoms with van der Waals surface area (Å²) in [5.41, 5.74) is 2.24. The Balaban J connectivity index is 1.60. The number of rotatable bonds is 5. The molecular formula is C17H15ClN3. The smallest absolute Gasteiger partial charge is 0.181 e. The van der Waals surface area contributed by atoms with E-state index < -0.39 is 0 Å². The van der Waals surface area contributed by atoms with Gasteiger partial charge in [0.05, 0.1) is 0 Å². The Morgan fingerprint density at radius 3 is 2.71 bits per heavy atom. The highest BCUT2D eigenvalue weighted by molar-refractivity contribution is 6.30. The van der Waals surface area contributed by atoms with Gasteiger partial charge < -0.3 is 0 Å². The Labute approximate surface area is 129 Å². The fraction of sp³-hybridized carbons (Fsp3) is 0.118. The normalized spacial score (nSPS) is 10.7. The van der Waals surface area contributed by atoms with Crippen molar-refractivity contribution in [2.75, 3.05) is 0 Å². The third-order valence-corrected chi connectivity index (χ3v) is 3.43. The van der Waals surface area contributed by atoms with Gasteiger partial charge in [-0.15, -0.1) is 0 Å². The van der Waals surface area contributed by atoms with Gasteiger partial charge in [0.15, 0.2) is 5.82 Å². The SMILES string of the molecule is Clc1cccc(-c2n[nH]c([CH]CCc3ccccc3)n2)c1. The van der Waals surface area contributed by atoms with Gasteiger partial charge in [-0.05, 0) is 30.5 Å². The van der Waals surface area contributed by atoms with Crippen molar-refractivity contribution in [1.29, 1.82) is 0 Å². The standard InChI is InChI=1S/C17H15ClN3/c18-15-10-5-9-14(12-15)17-19-16(20-21-17)11-4-8-13-6-2-1-3-7-13/h1-3,5-7,9-12H,4,8H2,(H,19,20,21). The minimum Gasteiger partial charge on any atom is -0.262 e. The van der Waals surface area contributed by atoms with E-state index in [1.165, 1.54) is 5.56 Å². The lowest BCUT2D eigenvalue weighted by atomic mass is 10.1. The zero-order valence-electron chi connectivity index (χ0n) is 11.5. The van der Waals surface area contributed by atoms with E-state index in [4.69, 9.17) is 11.6 Å². The zero-order chi connectivity index (χ0) is 14.5. The molecule has 0 amide bonds. The highest BCUT2D eigenvalue weighted by Gasteiger charge is 2.06. The third-order valence-electron chi connectivity index (χ3n) is 3.20. The number of nitrogens with one attached hydrogen (secondary N) is 1. The van der Waals surface area contributed by atoms with E-state index in [1.807, 2.05) is 30.3 Å². The van der Waals surface area contributed by atoms with E-state index in [-0.39, 0.29) is 0 Å². The summed E-state index contributed by atoms with van der Waals surface area (Å²) in [6.07, 6.45) is 3.98. The van der Waals surface area contributed by atoms with Crippen molar-refractivity contribution in [3.63, 3.8) is 0 Å². The number of halogens is 1. The highest BCUT2D eigenvalue weighted by Crippen LogP contribution is 2.19. The maximum Gasteiger partial charge on any atom is 0.181 e. The highest BCUT2D eigenvalue weighted by atomic mass is 35.5. The summed E-state index contributed by atoms with van der Waals surface area (Å²) in [6, 6.07) is 17.9. The Morgan fingerprint density at radius 1 is 1.05 bits per heavy atom. The number of aromatic amines is 1. The van der Waals surface area contributed by atoms with Gasteiger partial charge >= 0.3 is 0 Å². The molecule has 0 aliphatic heterocycles. The number of benzene rings is 2. The van der Waals surface area contributed by atoms with Crippen LogP contribution in [-0.4, -0.2) is 15.2 Å². The molecule has 0 atom stereocenters. The number of H-pyrrole nitrogens is 1. The predicted molar refractivity (Wildman–Crippen MR) is 85.0 cm³/mol. The van der Waals surface area contributed by atoms with E-state index in [1.54, 1.807) is 0 Å². The fourth-order valence-corrected chi connectivity index (χ4v) is 2.33. The molecule has 0 saturated heterocycles. The summed E-state index contributed by atoms with van der Waals surface area (Å²) in [5.74, 6) is 1.46. The quantitative estimate of drug-likeness (QED) is 0.762. The summed E-state index contributed by atoms with van der Waals surface area (Å²) >= 11 is 5.98. The molecule has 0 saturated carbocycles. The molecular weight excluding hydrogens is 282 g/mol. The van der Waals surface area contributed by atoms with Crippen LogP contribution in [0.25, 0.3) is 11.4 Å². The summed E-state index contributed by atoms with van der Waals surface area (Å²) in [7, 11) is 0. The predicted octanol–water partition coefficient (Wildman–Crippen LogP) is 4.31. The zero-order valence-corrected chi connectivity index (χ0v) is 12.2. The molecule has 2 aromatic carbocycles. The van der Waals surface area contributed by atoms with Gasteiger partial charge in [-0.3, -0.25) is 5.10 Å². The molecule has 0 aliphatic rings. The average Bonchev–Trinajstić information content (AvgIpc) is 2.97. The maximum atomic E-state index is 5.98. The van der Waals surface area contributed by atoms with E-state index in [2.05, 4.69) is 45.9 Å². The van der Waals surface area contributed by atoms with Crippen LogP contribution in [0.4, 0.5) is 0 Å². The first-order valence-corrected chi connectivity index (χ1v) is 7.24. The minimum atomic E-state index is 0.670. The summed E-state index contributed by atoms with van der Waals surface area (Å²) in [6.45, 7) is 0. The minimum absolute atomic E-state index is 0.670. The summed E-state index contributed by atoms with van der Waals surface area (Å²) in [4.78, 5) is 4.47. The van der Waals surface area contributed by atoms with Crippen molar-refractivity contribution in [2.45, 2.75) is 12.8 Å². The van der Waals surface area contributed by atoms with Gasteiger partial charge in [0, 0.05) is 17.0 Å². The first kappa shape index (κ1) is 13.8. The van der Waals surface area contributed by atoms with Crippen molar-refractivity contribution in [2.24, 2.45) is 0 Å². The van der Waals surface area contributed by atoms with Gasteiger partial charge in [0.2, 0.25) is 0 Å². The lowest BCUT2D eigenvalue weighted by Crippen LogP contribution is -1.89. The molecule has 105 valence electrons. The Morgan fingerprint density at radius 2 is 1.90 bits per heavy atom. The van der Waals surface area contributed by atoms with Gasteiger partial charge in [0.1, 0.15) is 5.82 Å². The molecule has 21 heavy (non-hydrogen) atoms. The molecule has 3 nitrogen and oxygen atoms in total. The van der Waals surface area contributed by atoms with E-state index in [9.17, 15) is 0 Å². The first-order valence-electron chi connectivity index (χ1n) is 6.87. The van der Waals surface area contributed by atoms with Crippen molar-refractivity contribution in [3.05, 3.63) is 77.4 Å². The van der Waals surface area contributed by atoms with Crippen molar-refractivity contribution in [1.82, 2.24) is 15.2 Å². The number of hydrogen-bond donors (Lipinski definition) is 1. The fourth-order valence-electron chi connectivity index (χ4n) is 2.14. The van der Waals surface area contributed by atoms with Gasteiger partial charge in [-0.25, -0.2) is 4.98 Å². The molecule has 0 fully saturated rings. The second-order valence-corrected chi connectivity index (χ2v) is 5.22. The van der Waals surface area contributed by atoms with Crippen LogP contribution in [0, 0.1) is 6.42 Å².